The van der Waals surface area contributed by atoms with E-state index in [1.54, 1.807) is 0 Å². The van der Waals surface area contributed by atoms with Crippen molar-refractivity contribution in [2.24, 2.45) is 0 Å². The largest absolute Gasteiger partial charge is 0.302 e. The van der Waals surface area contributed by atoms with Crippen LogP contribution in [0.1, 0.15) is 38.8 Å². The molecule has 0 amide bonds. The SMILES string of the molecule is CCN(C)Cc1ccc(C(C)(C)C)cc1. The van der Waals surface area contributed by atoms with Crippen molar-refractivity contribution in [1.82, 2.24) is 4.90 Å². The van der Waals surface area contributed by atoms with Gasteiger partial charge in [-0.25, -0.2) is 0 Å². The minimum Gasteiger partial charge on any atom is -0.302 e. The highest BCUT2D eigenvalue weighted by Gasteiger charge is 2.12. The average molecular weight is 205 g/mol. The maximum Gasteiger partial charge on any atom is 0.0230 e. The fourth-order valence-corrected chi connectivity index (χ4v) is 1.53. The Kier molecular flexibility index (Phi) is 3.92. The summed E-state index contributed by atoms with van der Waals surface area (Å²) in [6, 6.07) is 8.98. The van der Waals surface area contributed by atoms with Crippen molar-refractivity contribution in [3.05, 3.63) is 35.4 Å². The van der Waals surface area contributed by atoms with Gasteiger partial charge in [-0.15, -0.1) is 0 Å². The van der Waals surface area contributed by atoms with Crippen molar-refractivity contribution in [1.29, 1.82) is 0 Å². The maximum atomic E-state index is 2.31. The van der Waals surface area contributed by atoms with Crippen LogP contribution in [0.4, 0.5) is 0 Å². The molecule has 0 radical (unpaired) electrons. The molecular weight excluding hydrogens is 182 g/mol. The van der Waals surface area contributed by atoms with E-state index in [2.05, 4.69) is 63.9 Å². The fourth-order valence-electron chi connectivity index (χ4n) is 1.53. The lowest BCUT2D eigenvalue weighted by atomic mass is 9.87. The van der Waals surface area contributed by atoms with Crippen molar-refractivity contribution >= 4 is 0 Å². The van der Waals surface area contributed by atoms with E-state index in [0.29, 0.717) is 0 Å². The van der Waals surface area contributed by atoms with Gasteiger partial charge in [0.1, 0.15) is 0 Å². The average Bonchev–Trinajstić information content (AvgIpc) is 2.17. The number of hydrogen-bond acceptors (Lipinski definition) is 1. The molecule has 1 rings (SSSR count). The molecule has 0 aromatic heterocycles. The van der Waals surface area contributed by atoms with Crippen LogP contribution in [0.15, 0.2) is 24.3 Å². The van der Waals surface area contributed by atoms with Crippen LogP contribution >= 0.6 is 0 Å². The Morgan fingerprint density at radius 1 is 1.07 bits per heavy atom. The van der Waals surface area contributed by atoms with E-state index in [9.17, 15) is 0 Å². The topological polar surface area (TPSA) is 3.24 Å². The summed E-state index contributed by atoms with van der Waals surface area (Å²) in [5.74, 6) is 0. The molecule has 0 aliphatic carbocycles. The summed E-state index contributed by atoms with van der Waals surface area (Å²) in [6.07, 6.45) is 0. The van der Waals surface area contributed by atoms with E-state index in [-0.39, 0.29) is 5.41 Å². The predicted octanol–water partition coefficient (Wildman–Crippen LogP) is 3.44. The monoisotopic (exact) mass is 205 g/mol. The van der Waals surface area contributed by atoms with Crippen molar-refractivity contribution in [2.75, 3.05) is 13.6 Å². The number of hydrogen-bond donors (Lipinski definition) is 0. The summed E-state index contributed by atoms with van der Waals surface area (Å²) < 4.78 is 0. The van der Waals surface area contributed by atoms with Gasteiger partial charge >= 0.3 is 0 Å². The van der Waals surface area contributed by atoms with Gasteiger partial charge in [-0.2, -0.15) is 0 Å². The summed E-state index contributed by atoms with van der Waals surface area (Å²) in [5, 5.41) is 0. The molecule has 0 spiro atoms. The van der Waals surface area contributed by atoms with E-state index in [0.717, 1.165) is 13.1 Å². The van der Waals surface area contributed by atoms with Crippen LogP contribution in [0.3, 0.4) is 0 Å². The van der Waals surface area contributed by atoms with Crippen molar-refractivity contribution in [2.45, 2.75) is 39.7 Å². The second-order valence-corrected chi connectivity index (χ2v) is 5.28. The second-order valence-electron chi connectivity index (χ2n) is 5.28. The predicted molar refractivity (Wildman–Crippen MR) is 67.2 cm³/mol. The Balaban J connectivity index is 2.73. The number of rotatable bonds is 3. The molecule has 0 heterocycles. The van der Waals surface area contributed by atoms with E-state index in [1.807, 2.05) is 0 Å². The van der Waals surface area contributed by atoms with Crippen molar-refractivity contribution in [3.63, 3.8) is 0 Å². The lowest BCUT2D eigenvalue weighted by Crippen LogP contribution is -2.17. The van der Waals surface area contributed by atoms with Crippen LogP contribution in [0.2, 0.25) is 0 Å². The first-order valence-electron chi connectivity index (χ1n) is 5.71. The third-order valence-electron chi connectivity index (χ3n) is 2.81. The van der Waals surface area contributed by atoms with E-state index < -0.39 is 0 Å². The van der Waals surface area contributed by atoms with Crippen LogP contribution in [0.25, 0.3) is 0 Å². The van der Waals surface area contributed by atoms with Gasteiger partial charge in [-0.3, -0.25) is 0 Å². The molecule has 0 fully saturated rings. The summed E-state index contributed by atoms with van der Waals surface area (Å²) in [6.45, 7) is 11.1. The minimum absolute atomic E-state index is 0.259. The third-order valence-corrected chi connectivity index (χ3v) is 2.81. The smallest absolute Gasteiger partial charge is 0.0230 e. The summed E-state index contributed by atoms with van der Waals surface area (Å²) in [7, 11) is 2.15. The van der Waals surface area contributed by atoms with Gasteiger partial charge in [0.2, 0.25) is 0 Å². The van der Waals surface area contributed by atoms with Gasteiger partial charge in [0.15, 0.2) is 0 Å². The molecule has 0 aliphatic heterocycles. The van der Waals surface area contributed by atoms with Crippen LogP contribution in [-0.2, 0) is 12.0 Å². The van der Waals surface area contributed by atoms with Gasteiger partial charge in [-0.05, 0) is 30.1 Å². The van der Waals surface area contributed by atoms with E-state index in [4.69, 9.17) is 0 Å². The van der Waals surface area contributed by atoms with Crippen molar-refractivity contribution in [3.8, 4) is 0 Å². The summed E-state index contributed by atoms with van der Waals surface area (Å²) in [5.41, 5.74) is 3.06. The van der Waals surface area contributed by atoms with Crippen LogP contribution in [0.5, 0.6) is 0 Å². The quantitative estimate of drug-likeness (QED) is 0.730. The molecule has 0 aliphatic rings. The molecule has 0 saturated heterocycles. The van der Waals surface area contributed by atoms with Gasteiger partial charge in [0.05, 0.1) is 0 Å². The summed E-state index contributed by atoms with van der Waals surface area (Å²) in [4.78, 5) is 2.31. The lowest BCUT2D eigenvalue weighted by molar-refractivity contribution is 0.345. The van der Waals surface area contributed by atoms with Crippen LogP contribution in [0, 0.1) is 0 Å². The molecule has 0 unspecified atom stereocenters. The highest BCUT2D eigenvalue weighted by Crippen LogP contribution is 2.22. The summed E-state index contributed by atoms with van der Waals surface area (Å²) >= 11 is 0. The number of nitrogens with zero attached hydrogens (tertiary/aromatic N) is 1. The first-order chi connectivity index (χ1) is 6.93. The Hall–Kier alpha value is -0.820. The Morgan fingerprint density at radius 2 is 1.60 bits per heavy atom. The standard InChI is InChI=1S/C14H23N/c1-6-15(5)11-12-7-9-13(10-8-12)14(2,3)4/h7-10H,6,11H2,1-5H3. The first kappa shape index (κ1) is 12.3. The highest BCUT2D eigenvalue weighted by atomic mass is 15.1. The minimum atomic E-state index is 0.259. The zero-order chi connectivity index (χ0) is 11.5. The fraction of sp³-hybridized carbons (Fsp3) is 0.571. The first-order valence-corrected chi connectivity index (χ1v) is 5.71. The van der Waals surface area contributed by atoms with Crippen LogP contribution in [-0.4, -0.2) is 18.5 Å². The number of benzene rings is 1. The van der Waals surface area contributed by atoms with Crippen molar-refractivity contribution < 1.29 is 0 Å². The third kappa shape index (κ3) is 3.67. The Bertz CT molecular complexity index is 292. The lowest BCUT2D eigenvalue weighted by Gasteiger charge is -2.20. The van der Waals surface area contributed by atoms with Gasteiger partial charge in [0, 0.05) is 6.54 Å². The normalized spacial score (nSPS) is 12.1. The van der Waals surface area contributed by atoms with Gasteiger partial charge in [0.25, 0.3) is 0 Å². The van der Waals surface area contributed by atoms with Crippen LogP contribution < -0.4 is 0 Å². The Morgan fingerprint density at radius 3 is 2.00 bits per heavy atom. The van der Waals surface area contributed by atoms with Gasteiger partial charge in [-0.1, -0.05) is 52.0 Å². The van der Waals surface area contributed by atoms with Gasteiger partial charge < -0.3 is 4.90 Å². The molecular formula is C14H23N. The molecule has 1 heteroatoms. The molecule has 84 valence electrons. The van der Waals surface area contributed by atoms with E-state index >= 15 is 0 Å². The zero-order valence-corrected chi connectivity index (χ0v) is 10.7. The van der Waals surface area contributed by atoms with E-state index in [1.165, 1.54) is 11.1 Å². The molecule has 1 nitrogen and oxygen atoms in total. The molecule has 15 heavy (non-hydrogen) atoms. The Labute approximate surface area is 94.1 Å². The molecule has 0 saturated carbocycles. The maximum absolute atomic E-state index is 2.31. The molecule has 0 bridgehead atoms. The molecule has 1 aromatic carbocycles. The second kappa shape index (κ2) is 4.80. The molecule has 1 aromatic rings. The highest BCUT2D eigenvalue weighted by molar-refractivity contribution is 5.27. The molecule has 0 atom stereocenters. The zero-order valence-electron chi connectivity index (χ0n) is 10.7. The molecule has 0 N–H and O–H groups in total.